The summed E-state index contributed by atoms with van der Waals surface area (Å²) in [7, 11) is -3.05. The summed E-state index contributed by atoms with van der Waals surface area (Å²) in [6.45, 7) is 8.04. The van der Waals surface area contributed by atoms with Crippen LogP contribution >= 0.6 is 0 Å². The average molecular weight is 390 g/mol. The van der Waals surface area contributed by atoms with E-state index in [4.69, 9.17) is 0 Å². The number of aryl methyl sites for hydroxylation is 2. The summed E-state index contributed by atoms with van der Waals surface area (Å²) in [6, 6.07) is 7.67. The van der Waals surface area contributed by atoms with E-state index in [-0.39, 0.29) is 29.5 Å². The SMILES string of the molecule is CCC(C)NC(=O)c1cc(-c2ccc(C)c(C)c2)n(C2CCS(=O)(=O)C2)n1. The van der Waals surface area contributed by atoms with Gasteiger partial charge in [0.15, 0.2) is 15.5 Å². The Kier molecular flexibility index (Phi) is 5.42. The molecule has 2 unspecified atom stereocenters. The Labute approximate surface area is 160 Å². The maximum Gasteiger partial charge on any atom is 0.272 e. The Morgan fingerprint density at radius 1 is 1.30 bits per heavy atom. The second-order valence-electron chi connectivity index (χ2n) is 7.50. The Hall–Kier alpha value is -2.15. The predicted octanol–water partition coefficient (Wildman–Crippen LogP) is 3.05. The molecule has 1 aromatic heterocycles. The van der Waals surface area contributed by atoms with Gasteiger partial charge >= 0.3 is 0 Å². The molecule has 27 heavy (non-hydrogen) atoms. The Balaban J connectivity index is 2.04. The number of sulfone groups is 1. The van der Waals surface area contributed by atoms with Crippen LogP contribution in [0.2, 0.25) is 0 Å². The zero-order valence-electron chi connectivity index (χ0n) is 16.3. The molecule has 1 aliphatic rings. The summed E-state index contributed by atoms with van der Waals surface area (Å²) in [4.78, 5) is 12.6. The Bertz CT molecular complexity index is 963. The summed E-state index contributed by atoms with van der Waals surface area (Å²) in [5.74, 6) is 0.00563. The molecule has 0 spiro atoms. The third-order valence-electron chi connectivity index (χ3n) is 5.32. The molecule has 0 aliphatic carbocycles. The van der Waals surface area contributed by atoms with Crippen molar-refractivity contribution in [3.05, 3.63) is 41.1 Å². The minimum Gasteiger partial charge on any atom is -0.348 e. The van der Waals surface area contributed by atoms with E-state index in [9.17, 15) is 13.2 Å². The number of hydrogen-bond acceptors (Lipinski definition) is 4. The molecule has 1 aromatic carbocycles. The topological polar surface area (TPSA) is 81.1 Å². The molecule has 0 bridgehead atoms. The highest BCUT2D eigenvalue weighted by atomic mass is 32.2. The van der Waals surface area contributed by atoms with Gasteiger partial charge in [0.25, 0.3) is 5.91 Å². The number of carbonyl (C=O) groups is 1. The number of hydrogen-bond donors (Lipinski definition) is 1. The van der Waals surface area contributed by atoms with Crippen LogP contribution < -0.4 is 5.32 Å². The molecule has 1 aliphatic heterocycles. The van der Waals surface area contributed by atoms with E-state index < -0.39 is 9.84 Å². The first kappa shape index (κ1) is 19.6. The Morgan fingerprint density at radius 3 is 2.63 bits per heavy atom. The number of rotatable bonds is 5. The molecule has 1 N–H and O–H groups in total. The van der Waals surface area contributed by atoms with E-state index in [1.54, 1.807) is 10.7 Å². The molecule has 2 atom stereocenters. The fourth-order valence-electron chi connectivity index (χ4n) is 3.27. The molecule has 146 valence electrons. The molecule has 1 amide bonds. The van der Waals surface area contributed by atoms with E-state index in [1.165, 1.54) is 5.56 Å². The summed E-state index contributed by atoms with van der Waals surface area (Å²) in [5, 5.41) is 7.45. The minimum absolute atomic E-state index is 0.0552. The third kappa shape index (κ3) is 4.24. The normalized spacial score (nSPS) is 19.8. The van der Waals surface area contributed by atoms with Gasteiger partial charge in [0.05, 0.1) is 23.2 Å². The summed E-state index contributed by atoms with van der Waals surface area (Å²) >= 11 is 0. The average Bonchev–Trinajstić information content (AvgIpc) is 3.20. The van der Waals surface area contributed by atoms with E-state index in [0.29, 0.717) is 12.1 Å². The molecule has 6 nitrogen and oxygen atoms in total. The molecule has 0 saturated carbocycles. The van der Waals surface area contributed by atoms with Crippen molar-refractivity contribution in [1.29, 1.82) is 0 Å². The molecule has 1 saturated heterocycles. The van der Waals surface area contributed by atoms with Crippen LogP contribution in [-0.2, 0) is 9.84 Å². The third-order valence-corrected chi connectivity index (χ3v) is 7.07. The van der Waals surface area contributed by atoms with Crippen LogP contribution in [0.5, 0.6) is 0 Å². The molecule has 7 heteroatoms. The zero-order chi connectivity index (χ0) is 19.8. The molecule has 3 rings (SSSR count). The van der Waals surface area contributed by atoms with Gasteiger partial charge in [-0.1, -0.05) is 19.1 Å². The summed E-state index contributed by atoms with van der Waals surface area (Å²) in [5.41, 5.74) is 4.38. The van der Waals surface area contributed by atoms with Crippen LogP contribution in [0.4, 0.5) is 0 Å². The van der Waals surface area contributed by atoms with Crippen molar-refractivity contribution in [1.82, 2.24) is 15.1 Å². The van der Waals surface area contributed by atoms with Gasteiger partial charge in [-0.15, -0.1) is 0 Å². The predicted molar refractivity (Wildman–Crippen MR) is 107 cm³/mol. The first-order valence-electron chi connectivity index (χ1n) is 9.38. The van der Waals surface area contributed by atoms with Crippen LogP contribution in [0.25, 0.3) is 11.3 Å². The van der Waals surface area contributed by atoms with Gasteiger partial charge in [-0.25, -0.2) is 8.42 Å². The number of aromatic nitrogens is 2. The zero-order valence-corrected chi connectivity index (χ0v) is 17.1. The fraction of sp³-hybridized carbons (Fsp3) is 0.500. The van der Waals surface area contributed by atoms with Crippen LogP contribution in [0.1, 0.15) is 54.3 Å². The van der Waals surface area contributed by atoms with E-state index in [2.05, 4.69) is 16.5 Å². The van der Waals surface area contributed by atoms with Crippen LogP contribution in [0.15, 0.2) is 24.3 Å². The lowest BCUT2D eigenvalue weighted by Crippen LogP contribution is -2.32. The molecular formula is C20H27N3O3S. The van der Waals surface area contributed by atoms with Crippen molar-refractivity contribution in [3.63, 3.8) is 0 Å². The fourth-order valence-corrected chi connectivity index (χ4v) is 4.96. The van der Waals surface area contributed by atoms with Gasteiger partial charge in [0, 0.05) is 11.6 Å². The monoisotopic (exact) mass is 389 g/mol. The highest BCUT2D eigenvalue weighted by Gasteiger charge is 2.32. The molecule has 1 fully saturated rings. The van der Waals surface area contributed by atoms with Gasteiger partial charge in [0.2, 0.25) is 0 Å². The van der Waals surface area contributed by atoms with Crippen molar-refractivity contribution in [3.8, 4) is 11.3 Å². The first-order chi connectivity index (χ1) is 12.7. The lowest BCUT2D eigenvalue weighted by atomic mass is 10.0. The summed E-state index contributed by atoms with van der Waals surface area (Å²) < 4.78 is 25.7. The number of benzene rings is 1. The van der Waals surface area contributed by atoms with E-state index in [0.717, 1.165) is 23.2 Å². The van der Waals surface area contributed by atoms with Crippen LogP contribution in [-0.4, -0.2) is 41.7 Å². The van der Waals surface area contributed by atoms with Crippen LogP contribution in [0.3, 0.4) is 0 Å². The highest BCUT2D eigenvalue weighted by Crippen LogP contribution is 2.31. The lowest BCUT2D eigenvalue weighted by molar-refractivity contribution is 0.0933. The van der Waals surface area contributed by atoms with Crippen molar-refractivity contribution < 1.29 is 13.2 Å². The van der Waals surface area contributed by atoms with Gasteiger partial charge in [-0.3, -0.25) is 9.48 Å². The standard InChI is InChI=1S/C20H27N3O3S/c1-5-15(4)21-20(24)18-11-19(16-7-6-13(2)14(3)10-16)23(22-18)17-8-9-27(25,26)12-17/h6-7,10-11,15,17H,5,8-9,12H2,1-4H3,(H,21,24). The molecule has 2 aromatic rings. The second kappa shape index (κ2) is 7.46. The highest BCUT2D eigenvalue weighted by molar-refractivity contribution is 7.91. The number of nitrogens with one attached hydrogen (secondary N) is 1. The van der Waals surface area contributed by atoms with E-state index in [1.807, 2.05) is 39.8 Å². The maximum atomic E-state index is 12.6. The smallest absolute Gasteiger partial charge is 0.272 e. The summed E-state index contributed by atoms with van der Waals surface area (Å²) in [6.07, 6.45) is 1.35. The van der Waals surface area contributed by atoms with Crippen molar-refractivity contribution >= 4 is 15.7 Å². The van der Waals surface area contributed by atoms with Crippen molar-refractivity contribution in [2.24, 2.45) is 0 Å². The van der Waals surface area contributed by atoms with Crippen LogP contribution in [0, 0.1) is 13.8 Å². The van der Waals surface area contributed by atoms with Crippen molar-refractivity contribution in [2.45, 2.75) is 52.6 Å². The molecular weight excluding hydrogens is 362 g/mol. The molecule has 0 radical (unpaired) electrons. The van der Waals surface area contributed by atoms with Gasteiger partial charge in [-0.05, 0) is 56.9 Å². The largest absolute Gasteiger partial charge is 0.348 e. The Morgan fingerprint density at radius 2 is 2.04 bits per heavy atom. The van der Waals surface area contributed by atoms with Gasteiger partial charge < -0.3 is 5.32 Å². The van der Waals surface area contributed by atoms with Gasteiger partial charge in [0.1, 0.15) is 0 Å². The molecule has 2 heterocycles. The number of carbonyl (C=O) groups excluding carboxylic acids is 1. The second-order valence-corrected chi connectivity index (χ2v) is 9.73. The lowest BCUT2D eigenvalue weighted by Gasteiger charge is -2.14. The maximum absolute atomic E-state index is 12.6. The van der Waals surface area contributed by atoms with E-state index >= 15 is 0 Å². The number of amides is 1. The van der Waals surface area contributed by atoms with Crippen molar-refractivity contribution in [2.75, 3.05) is 11.5 Å². The first-order valence-corrected chi connectivity index (χ1v) is 11.2. The minimum atomic E-state index is -3.05. The van der Waals surface area contributed by atoms with Gasteiger partial charge in [-0.2, -0.15) is 5.10 Å². The number of nitrogens with zero attached hydrogens (tertiary/aromatic N) is 2. The quantitative estimate of drug-likeness (QED) is 0.852.